The Bertz CT molecular complexity index is 744. The number of Topliss-reactive ketones (excluding diaryl/α,β-unsaturated/α-hetero) is 1. The lowest BCUT2D eigenvalue weighted by atomic mass is 9.95. The number of methoxy groups -OCH3 is 1. The third-order valence-electron chi connectivity index (χ3n) is 4.18. The highest BCUT2D eigenvalue weighted by Gasteiger charge is 2.36. The van der Waals surface area contributed by atoms with Crippen LogP contribution in [-0.4, -0.2) is 57.7 Å². The van der Waals surface area contributed by atoms with E-state index < -0.39 is 30.2 Å². The highest BCUT2D eigenvalue weighted by atomic mass is 16.5. The molecule has 0 aliphatic heterocycles. The molecule has 0 radical (unpaired) electrons. The summed E-state index contributed by atoms with van der Waals surface area (Å²) in [5, 5.41) is 40.6. The standard InChI is InChI=1S/C21H24O6/c1-27-17(13-15-10-6-3-7-11-15)19(24)21(26)20(25)18(23)16(22)12-14-8-4-2-5-9-14/h2-11,13,16,18,20-23,25-26H,12H2,1H3/t16?,18-,20-,21-/m1/s1. The summed E-state index contributed by atoms with van der Waals surface area (Å²) in [7, 11) is 1.27. The number of hydrogen-bond donors (Lipinski definition) is 4. The zero-order valence-electron chi connectivity index (χ0n) is 15.0. The normalized spacial score (nSPS) is 16.3. The highest BCUT2D eigenvalue weighted by molar-refractivity contribution is 6.00. The molecule has 0 aliphatic rings. The van der Waals surface area contributed by atoms with Crippen molar-refractivity contribution in [1.82, 2.24) is 0 Å². The molecule has 6 heteroatoms. The Hall–Kier alpha value is -2.51. The predicted molar refractivity (Wildman–Crippen MR) is 101 cm³/mol. The molecule has 0 aromatic heterocycles. The Kier molecular flexibility index (Phi) is 7.69. The monoisotopic (exact) mass is 372 g/mol. The van der Waals surface area contributed by atoms with Crippen LogP contribution in [0.5, 0.6) is 0 Å². The van der Waals surface area contributed by atoms with Crippen LogP contribution >= 0.6 is 0 Å². The molecule has 4 atom stereocenters. The van der Waals surface area contributed by atoms with Crippen molar-refractivity contribution in [2.24, 2.45) is 0 Å². The van der Waals surface area contributed by atoms with Crippen LogP contribution in [0.15, 0.2) is 66.4 Å². The minimum absolute atomic E-state index is 0.0664. The Morgan fingerprint density at radius 1 is 0.926 bits per heavy atom. The molecule has 0 spiro atoms. The van der Waals surface area contributed by atoms with Crippen LogP contribution in [0, 0.1) is 0 Å². The van der Waals surface area contributed by atoms with Gasteiger partial charge in [0.2, 0.25) is 5.78 Å². The molecule has 0 saturated heterocycles. The molecule has 1 unspecified atom stereocenters. The van der Waals surface area contributed by atoms with Crippen LogP contribution in [0.25, 0.3) is 6.08 Å². The van der Waals surface area contributed by atoms with Crippen molar-refractivity contribution in [3.63, 3.8) is 0 Å². The van der Waals surface area contributed by atoms with Gasteiger partial charge in [0, 0.05) is 6.42 Å². The maximum Gasteiger partial charge on any atom is 0.228 e. The Labute approximate surface area is 158 Å². The maximum atomic E-state index is 12.4. The quantitative estimate of drug-likeness (QED) is 0.385. The number of ketones is 1. The second-order valence-electron chi connectivity index (χ2n) is 6.17. The lowest BCUT2D eigenvalue weighted by molar-refractivity contribution is -0.143. The van der Waals surface area contributed by atoms with Gasteiger partial charge in [0.25, 0.3) is 0 Å². The number of aliphatic hydroxyl groups excluding tert-OH is 4. The van der Waals surface area contributed by atoms with Crippen molar-refractivity contribution in [2.75, 3.05) is 7.11 Å². The summed E-state index contributed by atoms with van der Waals surface area (Å²) >= 11 is 0. The summed E-state index contributed by atoms with van der Waals surface area (Å²) in [6, 6.07) is 17.7. The van der Waals surface area contributed by atoms with Gasteiger partial charge in [-0.2, -0.15) is 0 Å². The van der Waals surface area contributed by atoms with Crippen LogP contribution in [0.2, 0.25) is 0 Å². The number of aliphatic hydroxyl groups is 4. The van der Waals surface area contributed by atoms with Gasteiger partial charge in [-0.15, -0.1) is 0 Å². The van der Waals surface area contributed by atoms with E-state index in [4.69, 9.17) is 4.74 Å². The van der Waals surface area contributed by atoms with Gasteiger partial charge in [-0.05, 0) is 17.2 Å². The van der Waals surface area contributed by atoms with E-state index in [9.17, 15) is 25.2 Å². The van der Waals surface area contributed by atoms with Gasteiger partial charge in [-0.25, -0.2) is 0 Å². The molecule has 144 valence electrons. The average Bonchev–Trinajstić information content (AvgIpc) is 2.71. The smallest absolute Gasteiger partial charge is 0.228 e. The van der Waals surface area contributed by atoms with Crippen molar-refractivity contribution in [2.45, 2.75) is 30.8 Å². The Morgan fingerprint density at radius 3 is 2.04 bits per heavy atom. The number of benzene rings is 2. The van der Waals surface area contributed by atoms with Gasteiger partial charge >= 0.3 is 0 Å². The molecule has 2 rings (SSSR count). The SMILES string of the molecule is COC(=Cc1ccccc1)C(=O)[C@@H](O)[C@H](O)[C@H](O)C(O)Cc1ccccc1. The van der Waals surface area contributed by atoms with Crippen LogP contribution in [-0.2, 0) is 16.0 Å². The van der Waals surface area contributed by atoms with E-state index in [0.717, 1.165) is 5.56 Å². The minimum atomic E-state index is -1.94. The molecular weight excluding hydrogens is 348 g/mol. The number of rotatable bonds is 9. The van der Waals surface area contributed by atoms with E-state index >= 15 is 0 Å². The molecular formula is C21H24O6. The van der Waals surface area contributed by atoms with Gasteiger partial charge in [0.1, 0.15) is 18.3 Å². The number of ether oxygens (including phenoxy) is 1. The summed E-state index contributed by atoms with van der Waals surface area (Å²) in [6.07, 6.45) is -5.39. The largest absolute Gasteiger partial charge is 0.493 e. The van der Waals surface area contributed by atoms with Crippen LogP contribution in [0.3, 0.4) is 0 Å². The summed E-state index contributed by atoms with van der Waals surface area (Å²) < 4.78 is 5.02. The molecule has 0 fully saturated rings. The summed E-state index contributed by atoms with van der Waals surface area (Å²) in [5.74, 6) is -1.06. The number of hydrogen-bond acceptors (Lipinski definition) is 6. The summed E-state index contributed by atoms with van der Waals surface area (Å²) in [5.41, 5.74) is 1.42. The minimum Gasteiger partial charge on any atom is -0.493 e. The molecule has 0 bridgehead atoms. The number of carbonyl (C=O) groups excluding carboxylic acids is 1. The zero-order chi connectivity index (χ0) is 19.8. The molecule has 0 heterocycles. The molecule has 6 nitrogen and oxygen atoms in total. The molecule has 0 amide bonds. The molecule has 2 aromatic rings. The van der Waals surface area contributed by atoms with Gasteiger partial charge in [0.05, 0.1) is 13.2 Å². The first-order chi connectivity index (χ1) is 12.9. The van der Waals surface area contributed by atoms with Gasteiger partial charge < -0.3 is 25.2 Å². The van der Waals surface area contributed by atoms with E-state index in [2.05, 4.69) is 0 Å². The van der Waals surface area contributed by atoms with E-state index in [-0.39, 0.29) is 12.2 Å². The van der Waals surface area contributed by atoms with Crippen LogP contribution in [0.1, 0.15) is 11.1 Å². The summed E-state index contributed by atoms with van der Waals surface area (Å²) in [6.45, 7) is 0. The Morgan fingerprint density at radius 2 is 1.48 bits per heavy atom. The number of carbonyl (C=O) groups is 1. The van der Waals surface area contributed by atoms with E-state index in [1.165, 1.54) is 13.2 Å². The third kappa shape index (κ3) is 5.74. The van der Waals surface area contributed by atoms with Gasteiger partial charge in [-0.1, -0.05) is 60.7 Å². The lowest BCUT2D eigenvalue weighted by Gasteiger charge is -2.26. The second kappa shape index (κ2) is 9.99. The fraction of sp³-hybridized carbons (Fsp3) is 0.286. The van der Waals surface area contributed by atoms with Gasteiger partial charge in [-0.3, -0.25) is 4.79 Å². The van der Waals surface area contributed by atoms with E-state index in [0.29, 0.717) is 5.56 Å². The molecule has 0 aliphatic carbocycles. The Balaban J connectivity index is 2.06. The first-order valence-corrected chi connectivity index (χ1v) is 8.55. The first-order valence-electron chi connectivity index (χ1n) is 8.55. The predicted octanol–water partition coefficient (Wildman–Crippen LogP) is 0.929. The molecule has 27 heavy (non-hydrogen) atoms. The average molecular weight is 372 g/mol. The van der Waals surface area contributed by atoms with Crippen molar-refractivity contribution in [3.05, 3.63) is 77.5 Å². The van der Waals surface area contributed by atoms with Crippen LogP contribution < -0.4 is 0 Å². The topological polar surface area (TPSA) is 107 Å². The van der Waals surface area contributed by atoms with Crippen molar-refractivity contribution < 1.29 is 30.0 Å². The zero-order valence-corrected chi connectivity index (χ0v) is 15.0. The molecule has 4 N–H and O–H groups in total. The van der Waals surface area contributed by atoms with Crippen LogP contribution in [0.4, 0.5) is 0 Å². The second-order valence-corrected chi connectivity index (χ2v) is 6.17. The van der Waals surface area contributed by atoms with Crippen molar-refractivity contribution in [1.29, 1.82) is 0 Å². The van der Waals surface area contributed by atoms with E-state index in [1.807, 2.05) is 12.1 Å². The first kappa shape index (κ1) is 20.8. The fourth-order valence-electron chi connectivity index (χ4n) is 2.62. The van der Waals surface area contributed by atoms with Crippen molar-refractivity contribution in [3.8, 4) is 0 Å². The molecule has 0 saturated carbocycles. The van der Waals surface area contributed by atoms with Gasteiger partial charge in [0.15, 0.2) is 5.76 Å². The van der Waals surface area contributed by atoms with Crippen molar-refractivity contribution >= 4 is 11.9 Å². The van der Waals surface area contributed by atoms with E-state index in [1.54, 1.807) is 48.5 Å². The fourth-order valence-corrected chi connectivity index (χ4v) is 2.62. The maximum absolute atomic E-state index is 12.4. The lowest BCUT2D eigenvalue weighted by Crippen LogP contribution is -2.48. The third-order valence-corrected chi connectivity index (χ3v) is 4.18. The molecule has 2 aromatic carbocycles. The highest BCUT2D eigenvalue weighted by Crippen LogP contribution is 2.16. The summed E-state index contributed by atoms with van der Waals surface area (Å²) in [4.78, 5) is 12.4.